The number of nitrogens with one attached hydrogen (secondary N) is 2. The third-order valence-corrected chi connectivity index (χ3v) is 3.59. The highest BCUT2D eigenvalue weighted by atomic mass is 16.3. The Morgan fingerprint density at radius 3 is 2.95 bits per heavy atom. The van der Waals surface area contributed by atoms with E-state index in [1.54, 1.807) is 0 Å². The van der Waals surface area contributed by atoms with Gasteiger partial charge < -0.3 is 15.1 Å². The third kappa shape index (κ3) is 2.89. The molecule has 1 atom stereocenters. The Hall–Kier alpha value is -1.97. The summed E-state index contributed by atoms with van der Waals surface area (Å²) >= 11 is 0. The Kier molecular flexibility index (Phi) is 3.15. The second-order valence-corrected chi connectivity index (χ2v) is 5.20. The number of hydrogen-bond donors (Lipinski definition) is 2. The first kappa shape index (κ1) is 12.1. The minimum atomic E-state index is -0.125. The van der Waals surface area contributed by atoms with Crippen LogP contribution >= 0.6 is 0 Å². The van der Waals surface area contributed by atoms with Crippen molar-refractivity contribution in [2.75, 3.05) is 0 Å². The van der Waals surface area contributed by atoms with E-state index in [4.69, 9.17) is 4.42 Å². The molecule has 1 fully saturated rings. The molecule has 1 aromatic carbocycles. The van der Waals surface area contributed by atoms with E-state index < -0.39 is 0 Å². The summed E-state index contributed by atoms with van der Waals surface area (Å²) in [7, 11) is 0. The van der Waals surface area contributed by atoms with Crippen LogP contribution in [0.4, 0.5) is 4.79 Å². The summed E-state index contributed by atoms with van der Waals surface area (Å²) < 4.78 is 5.64. The molecule has 1 aliphatic rings. The van der Waals surface area contributed by atoms with Gasteiger partial charge in [0.2, 0.25) is 0 Å². The SMILES string of the molecule is CC(NC(=O)NCc1cc2ccccc2o1)C1CC1. The smallest absolute Gasteiger partial charge is 0.315 e. The van der Waals surface area contributed by atoms with E-state index in [0.29, 0.717) is 12.5 Å². The predicted octanol–water partition coefficient (Wildman–Crippen LogP) is 3.03. The highest BCUT2D eigenvalue weighted by Gasteiger charge is 2.28. The van der Waals surface area contributed by atoms with Gasteiger partial charge in [0.05, 0.1) is 6.54 Å². The number of carbonyl (C=O) groups excluding carboxylic acids is 1. The lowest BCUT2D eigenvalue weighted by Gasteiger charge is -2.12. The highest BCUT2D eigenvalue weighted by Crippen LogP contribution is 2.32. The number of furan rings is 1. The molecule has 1 aliphatic carbocycles. The Morgan fingerprint density at radius 1 is 1.42 bits per heavy atom. The zero-order valence-electron chi connectivity index (χ0n) is 11.0. The van der Waals surface area contributed by atoms with Crippen LogP contribution in [0, 0.1) is 5.92 Å². The average Bonchev–Trinajstić information content (AvgIpc) is 3.16. The molecular formula is C15H18N2O2. The molecule has 4 heteroatoms. The minimum Gasteiger partial charge on any atom is -0.459 e. The number of amides is 2. The number of fused-ring (bicyclic) bond motifs is 1. The number of benzene rings is 1. The van der Waals surface area contributed by atoms with E-state index in [-0.39, 0.29) is 12.1 Å². The number of para-hydroxylation sites is 1. The zero-order valence-corrected chi connectivity index (χ0v) is 11.0. The Balaban J connectivity index is 1.54. The molecule has 2 amide bonds. The van der Waals surface area contributed by atoms with Crippen LogP contribution < -0.4 is 10.6 Å². The van der Waals surface area contributed by atoms with Gasteiger partial charge in [-0.1, -0.05) is 18.2 Å². The van der Waals surface area contributed by atoms with E-state index in [1.807, 2.05) is 30.3 Å². The van der Waals surface area contributed by atoms with E-state index >= 15 is 0 Å². The van der Waals surface area contributed by atoms with Crippen molar-refractivity contribution in [3.8, 4) is 0 Å². The van der Waals surface area contributed by atoms with Crippen LogP contribution in [0.3, 0.4) is 0 Å². The molecule has 2 aromatic rings. The van der Waals surface area contributed by atoms with Crippen LogP contribution in [0.2, 0.25) is 0 Å². The van der Waals surface area contributed by atoms with Crippen LogP contribution in [0.25, 0.3) is 11.0 Å². The van der Waals surface area contributed by atoms with Crippen LogP contribution in [0.15, 0.2) is 34.7 Å². The first-order chi connectivity index (χ1) is 9.22. The lowest BCUT2D eigenvalue weighted by molar-refractivity contribution is 0.235. The quantitative estimate of drug-likeness (QED) is 0.885. The van der Waals surface area contributed by atoms with Crippen molar-refractivity contribution in [2.24, 2.45) is 5.92 Å². The van der Waals surface area contributed by atoms with E-state index in [1.165, 1.54) is 12.8 Å². The summed E-state index contributed by atoms with van der Waals surface area (Å²) in [5.74, 6) is 1.44. The predicted molar refractivity (Wildman–Crippen MR) is 73.8 cm³/mol. The maximum absolute atomic E-state index is 11.7. The fourth-order valence-electron chi connectivity index (χ4n) is 2.26. The molecule has 19 heavy (non-hydrogen) atoms. The first-order valence-electron chi connectivity index (χ1n) is 6.74. The van der Waals surface area contributed by atoms with Crippen LogP contribution in [-0.2, 0) is 6.54 Å². The van der Waals surface area contributed by atoms with Gasteiger partial charge in [0.15, 0.2) is 0 Å². The van der Waals surface area contributed by atoms with Gasteiger partial charge in [-0.15, -0.1) is 0 Å². The molecule has 1 saturated carbocycles. The van der Waals surface area contributed by atoms with Gasteiger partial charge in [-0.2, -0.15) is 0 Å². The summed E-state index contributed by atoms with van der Waals surface area (Å²) in [6.45, 7) is 2.47. The largest absolute Gasteiger partial charge is 0.459 e. The lowest BCUT2D eigenvalue weighted by atomic mass is 10.2. The van der Waals surface area contributed by atoms with E-state index in [9.17, 15) is 4.79 Å². The van der Waals surface area contributed by atoms with Crippen molar-refractivity contribution in [2.45, 2.75) is 32.4 Å². The second kappa shape index (κ2) is 4.96. The summed E-state index contributed by atoms with van der Waals surface area (Å²) in [6, 6.07) is 9.92. The molecule has 1 unspecified atom stereocenters. The molecule has 0 aliphatic heterocycles. The number of rotatable bonds is 4. The van der Waals surface area contributed by atoms with Crippen LogP contribution in [0.5, 0.6) is 0 Å². The van der Waals surface area contributed by atoms with Gasteiger partial charge in [0.25, 0.3) is 0 Å². The van der Waals surface area contributed by atoms with E-state index in [0.717, 1.165) is 16.7 Å². The van der Waals surface area contributed by atoms with Gasteiger partial charge in [-0.05, 0) is 37.8 Å². The van der Waals surface area contributed by atoms with E-state index in [2.05, 4.69) is 17.6 Å². The van der Waals surface area contributed by atoms with Crippen molar-refractivity contribution >= 4 is 17.0 Å². The highest BCUT2D eigenvalue weighted by molar-refractivity contribution is 5.78. The van der Waals surface area contributed by atoms with Gasteiger partial charge in [0.1, 0.15) is 11.3 Å². The normalized spacial score (nSPS) is 16.3. The van der Waals surface area contributed by atoms with Crippen LogP contribution in [-0.4, -0.2) is 12.1 Å². The summed E-state index contributed by atoms with van der Waals surface area (Å²) in [5.41, 5.74) is 0.853. The molecule has 1 aromatic heterocycles. The monoisotopic (exact) mass is 258 g/mol. The lowest BCUT2D eigenvalue weighted by Crippen LogP contribution is -2.41. The third-order valence-electron chi connectivity index (χ3n) is 3.59. The molecule has 0 radical (unpaired) electrons. The molecular weight excluding hydrogens is 240 g/mol. The van der Waals surface area contributed by atoms with Gasteiger partial charge in [-0.3, -0.25) is 0 Å². The number of hydrogen-bond acceptors (Lipinski definition) is 2. The molecule has 0 bridgehead atoms. The molecule has 0 saturated heterocycles. The topological polar surface area (TPSA) is 54.3 Å². The Labute approximate surface area is 112 Å². The van der Waals surface area contributed by atoms with Gasteiger partial charge in [0, 0.05) is 11.4 Å². The van der Waals surface area contributed by atoms with Crippen molar-refractivity contribution in [3.05, 3.63) is 36.1 Å². The van der Waals surface area contributed by atoms with Crippen molar-refractivity contribution in [1.29, 1.82) is 0 Å². The molecule has 4 nitrogen and oxygen atoms in total. The molecule has 100 valence electrons. The second-order valence-electron chi connectivity index (χ2n) is 5.20. The zero-order chi connectivity index (χ0) is 13.2. The standard InChI is InChI=1S/C15H18N2O2/c1-10(11-6-7-11)17-15(18)16-9-13-8-12-4-2-3-5-14(12)19-13/h2-5,8,10-11H,6-7,9H2,1H3,(H2,16,17,18). The minimum absolute atomic E-state index is 0.125. The maximum Gasteiger partial charge on any atom is 0.315 e. The molecule has 0 spiro atoms. The fraction of sp³-hybridized carbons (Fsp3) is 0.400. The number of urea groups is 1. The van der Waals surface area contributed by atoms with Crippen molar-refractivity contribution in [1.82, 2.24) is 10.6 Å². The number of carbonyl (C=O) groups is 1. The Morgan fingerprint density at radius 2 is 2.21 bits per heavy atom. The van der Waals surface area contributed by atoms with Gasteiger partial charge >= 0.3 is 6.03 Å². The first-order valence-corrected chi connectivity index (χ1v) is 6.74. The average molecular weight is 258 g/mol. The molecule has 2 N–H and O–H groups in total. The summed E-state index contributed by atoms with van der Waals surface area (Å²) in [6.07, 6.45) is 2.45. The van der Waals surface area contributed by atoms with Crippen molar-refractivity contribution in [3.63, 3.8) is 0 Å². The molecule has 3 rings (SSSR count). The summed E-state index contributed by atoms with van der Waals surface area (Å²) in [5, 5.41) is 6.84. The summed E-state index contributed by atoms with van der Waals surface area (Å²) in [4.78, 5) is 11.7. The molecule has 1 heterocycles. The Bertz CT molecular complexity index is 554. The van der Waals surface area contributed by atoms with Gasteiger partial charge in [-0.25, -0.2) is 4.79 Å². The maximum atomic E-state index is 11.7. The van der Waals surface area contributed by atoms with Crippen molar-refractivity contribution < 1.29 is 9.21 Å². The fourth-order valence-corrected chi connectivity index (χ4v) is 2.26. The van der Waals surface area contributed by atoms with Crippen LogP contribution in [0.1, 0.15) is 25.5 Å².